The summed E-state index contributed by atoms with van der Waals surface area (Å²) in [6.07, 6.45) is 1.70. The van der Waals surface area contributed by atoms with E-state index in [-0.39, 0.29) is 11.4 Å². The lowest BCUT2D eigenvalue weighted by Gasteiger charge is -1.99. The van der Waals surface area contributed by atoms with Gasteiger partial charge in [0, 0.05) is 11.6 Å². The molecule has 0 saturated carbocycles. The highest BCUT2D eigenvalue weighted by molar-refractivity contribution is 6.36. The van der Waals surface area contributed by atoms with Crippen LogP contribution in [0.25, 0.3) is 11.0 Å². The molecule has 4 nitrogen and oxygen atoms in total. The van der Waals surface area contributed by atoms with Crippen molar-refractivity contribution in [3.05, 3.63) is 22.8 Å². The lowest BCUT2D eigenvalue weighted by molar-refractivity contribution is 1.32. The Morgan fingerprint density at radius 2 is 2.38 bits per heavy atom. The molecule has 64 valence electrons. The third kappa shape index (κ3) is 1.02. The van der Waals surface area contributed by atoms with Crippen LogP contribution in [0, 0.1) is 11.3 Å². The van der Waals surface area contributed by atoms with E-state index < -0.39 is 0 Å². The summed E-state index contributed by atoms with van der Waals surface area (Å²) in [4.78, 5) is 6.85. The van der Waals surface area contributed by atoms with E-state index in [9.17, 15) is 0 Å². The number of H-pyrrole nitrogens is 1. The second-order valence-corrected chi connectivity index (χ2v) is 2.92. The summed E-state index contributed by atoms with van der Waals surface area (Å²) >= 11 is 5.93. The molecule has 0 fully saturated rings. The van der Waals surface area contributed by atoms with Gasteiger partial charge in [0.1, 0.15) is 23.1 Å². The number of nitriles is 1. The number of aromatic amines is 1. The normalized spacial score (nSPS) is 10.2. The fourth-order valence-corrected chi connectivity index (χ4v) is 1.45. The first-order valence-corrected chi connectivity index (χ1v) is 3.94. The highest BCUT2D eigenvalue weighted by Gasteiger charge is 2.11. The number of pyridine rings is 1. The summed E-state index contributed by atoms with van der Waals surface area (Å²) in [7, 11) is 0. The van der Waals surface area contributed by atoms with Crippen LogP contribution in [0.5, 0.6) is 0 Å². The minimum Gasteiger partial charge on any atom is -0.382 e. The van der Waals surface area contributed by atoms with Gasteiger partial charge < -0.3 is 10.7 Å². The van der Waals surface area contributed by atoms with E-state index in [4.69, 9.17) is 22.6 Å². The zero-order valence-electron chi connectivity index (χ0n) is 6.50. The van der Waals surface area contributed by atoms with E-state index in [1.807, 2.05) is 6.07 Å². The lowest BCUT2D eigenvalue weighted by Crippen LogP contribution is -1.95. The average Bonchev–Trinajstić information content (AvgIpc) is 2.53. The highest BCUT2D eigenvalue weighted by atomic mass is 35.5. The van der Waals surface area contributed by atoms with Gasteiger partial charge in [-0.15, -0.1) is 0 Å². The van der Waals surface area contributed by atoms with E-state index in [2.05, 4.69) is 9.97 Å². The Kier molecular flexibility index (Phi) is 1.61. The smallest absolute Gasteiger partial charge is 0.145 e. The second kappa shape index (κ2) is 2.64. The van der Waals surface area contributed by atoms with Crippen molar-refractivity contribution in [3.63, 3.8) is 0 Å². The zero-order valence-corrected chi connectivity index (χ0v) is 7.26. The predicted octanol–water partition coefficient (Wildman–Crippen LogP) is 1.67. The van der Waals surface area contributed by atoms with Crippen molar-refractivity contribution in [2.24, 2.45) is 0 Å². The van der Waals surface area contributed by atoms with Crippen LogP contribution in [0.4, 0.5) is 5.82 Å². The first-order valence-electron chi connectivity index (χ1n) is 3.56. The van der Waals surface area contributed by atoms with Crippen molar-refractivity contribution in [3.8, 4) is 6.07 Å². The third-order valence-electron chi connectivity index (χ3n) is 1.78. The minimum absolute atomic E-state index is 0.155. The molecule has 0 saturated heterocycles. The Morgan fingerprint density at radius 1 is 1.62 bits per heavy atom. The number of nitrogen functional groups attached to an aromatic ring is 1. The van der Waals surface area contributed by atoms with E-state index >= 15 is 0 Å². The summed E-state index contributed by atoms with van der Waals surface area (Å²) in [5, 5.41) is 9.80. The first kappa shape index (κ1) is 7.90. The van der Waals surface area contributed by atoms with E-state index in [0.717, 1.165) is 0 Å². The number of halogens is 1. The summed E-state index contributed by atoms with van der Waals surface area (Å²) in [6.45, 7) is 0. The predicted molar refractivity (Wildman–Crippen MR) is 50.2 cm³/mol. The molecule has 0 bridgehead atoms. The lowest BCUT2D eigenvalue weighted by atomic mass is 10.2. The first-order chi connectivity index (χ1) is 6.24. The monoisotopic (exact) mass is 192 g/mol. The molecule has 13 heavy (non-hydrogen) atoms. The molecular weight excluding hydrogens is 188 g/mol. The van der Waals surface area contributed by atoms with Crippen molar-refractivity contribution in [1.82, 2.24) is 9.97 Å². The van der Waals surface area contributed by atoms with Crippen molar-refractivity contribution in [1.29, 1.82) is 5.26 Å². The summed E-state index contributed by atoms with van der Waals surface area (Å²) < 4.78 is 0. The van der Waals surface area contributed by atoms with Gasteiger partial charge in [0.05, 0.1) is 5.02 Å². The number of anilines is 1. The molecule has 0 atom stereocenters. The Labute approximate surface area is 78.9 Å². The molecule has 0 aliphatic carbocycles. The van der Waals surface area contributed by atoms with Crippen LogP contribution in [0.1, 0.15) is 5.56 Å². The Hall–Kier alpha value is -1.73. The van der Waals surface area contributed by atoms with Crippen molar-refractivity contribution in [2.75, 3.05) is 5.73 Å². The van der Waals surface area contributed by atoms with Crippen molar-refractivity contribution < 1.29 is 0 Å². The molecule has 2 rings (SSSR count). The number of rotatable bonds is 0. The Balaban J connectivity index is 2.95. The molecule has 0 radical (unpaired) electrons. The average molecular weight is 193 g/mol. The Bertz CT molecular complexity index is 509. The van der Waals surface area contributed by atoms with Gasteiger partial charge in [-0.2, -0.15) is 5.26 Å². The summed E-state index contributed by atoms with van der Waals surface area (Å²) in [6, 6.07) is 3.67. The summed E-state index contributed by atoms with van der Waals surface area (Å²) in [5.41, 5.74) is 6.35. The molecule has 0 spiro atoms. The maximum absolute atomic E-state index is 8.73. The summed E-state index contributed by atoms with van der Waals surface area (Å²) in [5.74, 6) is 0.155. The highest BCUT2D eigenvalue weighted by Crippen LogP contribution is 2.27. The molecule has 3 N–H and O–H groups in total. The van der Waals surface area contributed by atoms with Crippen molar-refractivity contribution >= 4 is 28.5 Å². The molecule has 2 heterocycles. The minimum atomic E-state index is 0.155. The second-order valence-electron chi connectivity index (χ2n) is 2.54. The van der Waals surface area contributed by atoms with Crippen molar-refractivity contribution in [2.45, 2.75) is 0 Å². The van der Waals surface area contributed by atoms with Gasteiger partial charge in [0.15, 0.2) is 0 Å². The van der Waals surface area contributed by atoms with E-state index in [0.29, 0.717) is 16.1 Å². The maximum Gasteiger partial charge on any atom is 0.145 e. The number of nitrogens with two attached hydrogens (primary N) is 1. The SMILES string of the molecule is N#Cc1c(N)nc2[nH]ccc2c1Cl. The van der Waals surface area contributed by atoms with Gasteiger partial charge in [-0.1, -0.05) is 11.6 Å². The maximum atomic E-state index is 8.73. The Morgan fingerprint density at radius 3 is 3.08 bits per heavy atom. The van der Waals surface area contributed by atoms with Crippen LogP contribution in [0.2, 0.25) is 5.02 Å². The van der Waals surface area contributed by atoms with E-state index in [1.54, 1.807) is 12.3 Å². The molecule has 2 aromatic rings. The quantitative estimate of drug-likeness (QED) is 0.667. The van der Waals surface area contributed by atoms with Gasteiger partial charge in [-0.25, -0.2) is 4.98 Å². The number of nitrogens with one attached hydrogen (secondary N) is 1. The standard InChI is InChI=1S/C8H5ClN4/c9-6-4-1-2-12-8(4)13-7(11)5(6)3-10/h1-2H,(H3,11,12,13). The fraction of sp³-hybridized carbons (Fsp3) is 0. The van der Waals surface area contributed by atoms with Crippen LogP contribution in [0.15, 0.2) is 12.3 Å². The number of aromatic nitrogens is 2. The molecular formula is C8H5ClN4. The molecule has 5 heteroatoms. The van der Waals surface area contributed by atoms with Gasteiger partial charge >= 0.3 is 0 Å². The van der Waals surface area contributed by atoms with Gasteiger partial charge in [-0.3, -0.25) is 0 Å². The largest absolute Gasteiger partial charge is 0.382 e. The molecule has 2 aromatic heterocycles. The van der Waals surface area contributed by atoms with Gasteiger partial charge in [0.25, 0.3) is 0 Å². The topological polar surface area (TPSA) is 78.5 Å². The molecule has 0 aromatic carbocycles. The number of fused-ring (bicyclic) bond motifs is 1. The molecule has 0 amide bonds. The van der Waals surface area contributed by atoms with Crippen LogP contribution in [0.3, 0.4) is 0 Å². The zero-order chi connectivity index (χ0) is 9.42. The van der Waals surface area contributed by atoms with Gasteiger partial charge in [0.2, 0.25) is 0 Å². The van der Waals surface area contributed by atoms with Crippen LogP contribution in [-0.4, -0.2) is 9.97 Å². The van der Waals surface area contributed by atoms with Crippen LogP contribution >= 0.6 is 11.6 Å². The van der Waals surface area contributed by atoms with Gasteiger partial charge in [-0.05, 0) is 6.07 Å². The number of hydrogen-bond acceptors (Lipinski definition) is 3. The van der Waals surface area contributed by atoms with E-state index in [1.165, 1.54) is 0 Å². The number of nitrogens with zero attached hydrogens (tertiary/aromatic N) is 2. The molecule has 0 aliphatic heterocycles. The van der Waals surface area contributed by atoms with Crippen LogP contribution in [-0.2, 0) is 0 Å². The molecule has 0 unspecified atom stereocenters. The molecule has 0 aliphatic rings. The third-order valence-corrected chi connectivity index (χ3v) is 2.17. The van der Waals surface area contributed by atoms with Crippen LogP contribution < -0.4 is 5.73 Å². The fourth-order valence-electron chi connectivity index (χ4n) is 1.16. The number of hydrogen-bond donors (Lipinski definition) is 2.